The molecule has 0 amide bonds. The number of halogens is 2. The van der Waals surface area contributed by atoms with Gasteiger partial charge in [0.1, 0.15) is 4.21 Å². The number of anilines is 1. The summed E-state index contributed by atoms with van der Waals surface area (Å²) in [6, 6.07) is 8.52. The third kappa shape index (κ3) is 3.06. The molecule has 0 bridgehead atoms. The summed E-state index contributed by atoms with van der Waals surface area (Å²) in [5.74, 6) is 0. The lowest BCUT2D eigenvalue weighted by atomic mass is 10.3. The molecule has 2 aromatic rings. The van der Waals surface area contributed by atoms with Crippen LogP contribution in [0.25, 0.3) is 0 Å². The summed E-state index contributed by atoms with van der Waals surface area (Å²) in [4.78, 5) is 0. The minimum absolute atomic E-state index is 0.213. The van der Waals surface area contributed by atoms with Crippen LogP contribution >= 0.6 is 38.9 Å². The van der Waals surface area contributed by atoms with E-state index in [9.17, 15) is 8.42 Å². The topological polar surface area (TPSA) is 46.2 Å². The Labute approximate surface area is 123 Å². The van der Waals surface area contributed by atoms with Crippen molar-refractivity contribution in [3.63, 3.8) is 0 Å². The molecule has 0 aliphatic carbocycles. The Morgan fingerprint density at radius 2 is 2.06 bits per heavy atom. The lowest BCUT2D eigenvalue weighted by molar-refractivity contribution is 0.603. The summed E-state index contributed by atoms with van der Waals surface area (Å²) in [7, 11) is -3.57. The minimum Gasteiger partial charge on any atom is -0.279 e. The highest BCUT2D eigenvalue weighted by Gasteiger charge is 2.18. The van der Waals surface area contributed by atoms with E-state index in [-0.39, 0.29) is 4.21 Å². The first-order valence-corrected chi connectivity index (χ1v) is 8.40. The normalized spacial score (nSPS) is 11.5. The smallest absolute Gasteiger partial charge is 0.271 e. The summed E-state index contributed by atoms with van der Waals surface area (Å²) in [5, 5.41) is 0. The molecule has 2 rings (SSSR count). The molecule has 0 saturated carbocycles. The monoisotopic (exact) mass is 365 g/mol. The fraction of sp³-hybridized carbons (Fsp3) is 0.0909. The van der Waals surface area contributed by atoms with Crippen LogP contribution in [0.1, 0.15) is 5.56 Å². The van der Waals surface area contributed by atoms with Gasteiger partial charge >= 0.3 is 0 Å². The first-order valence-electron chi connectivity index (χ1n) is 4.93. The van der Waals surface area contributed by atoms with Crippen LogP contribution in [0.4, 0.5) is 5.69 Å². The number of benzene rings is 1. The first-order chi connectivity index (χ1) is 8.38. The molecule has 96 valence electrons. The van der Waals surface area contributed by atoms with E-state index in [1.54, 1.807) is 31.2 Å². The number of aryl methyl sites for hydroxylation is 1. The molecule has 1 N–H and O–H groups in total. The van der Waals surface area contributed by atoms with Crippen molar-refractivity contribution in [2.75, 3.05) is 4.72 Å². The van der Waals surface area contributed by atoms with Gasteiger partial charge in [-0.3, -0.25) is 4.72 Å². The van der Waals surface area contributed by atoms with Crippen LogP contribution in [0.2, 0.25) is 4.34 Å². The molecule has 7 heteroatoms. The van der Waals surface area contributed by atoms with Crippen LogP contribution in [-0.2, 0) is 10.0 Å². The van der Waals surface area contributed by atoms with Crippen molar-refractivity contribution < 1.29 is 8.42 Å². The van der Waals surface area contributed by atoms with Gasteiger partial charge in [-0.1, -0.05) is 33.6 Å². The van der Waals surface area contributed by atoms with E-state index in [0.29, 0.717) is 10.0 Å². The van der Waals surface area contributed by atoms with Crippen molar-refractivity contribution in [2.24, 2.45) is 0 Å². The number of rotatable bonds is 3. The van der Waals surface area contributed by atoms with E-state index in [1.807, 2.05) is 6.07 Å². The summed E-state index contributed by atoms with van der Waals surface area (Å²) in [6.45, 7) is 1.77. The van der Waals surface area contributed by atoms with Crippen LogP contribution in [0.3, 0.4) is 0 Å². The fourth-order valence-corrected chi connectivity index (χ4v) is 4.48. The maximum Gasteiger partial charge on any atom is 0.271 e. The van der Waals surface area contributed by atoms with Gasteiger partial charge in [0, 0.05) is 10.2 Å². The van der Waals surface area contributed by atoms with E-state index in [2.05, 4.69) is 20.7 Å². The summed E-state index contributed by atoms with van der Waals surface area (Å²) in [5.41, 5.74) is 1.27. The zero-order chi connectivity index (χ0) is 13.3. The zero-order valence-corrected chi connectivity index (χ0v) is 13.3. The fourth-order valence-electron chi connectivity index (χ4n) is 1.32. The molecular weight excluding hydrogens is 358 g/mol. The van der Waals surface area contributed by atoms with Crippen LogP contribution in [0.15, 0.2) is 39.0 Å². The Bertz CT molecular complexity index is 663. The van der Waals surface area contributed by atoms with Crippen molar-refractivity contribution in [3.8, 4) is 0 Å². The van der Waals surface area contributed by atoms with Gasteiger partial charge in [0.25, 0.3) is 10.0 Å². The average molecular weight is 367 g/mol. The quantitative estimate of drug-likeness (QED) is 0.881. The van der Waals surface area contributed by atoms with E-state index in [0.717, 1.165) is 21.4 Å². The highest BCUT2D eigenvalue weighted by atomic mass is 79.9. The largest absolute Gasteiger partial charge is 0.279 e. The Morgan fingerprint density at radius 1 is 1.33 bits per heavy atom. The zero-order valence-electron chi connectivity index (χ0n) is 9.28. The Balaban J connectivity index is 2.33. The number of sulfonamides is 1. The molecule has 0 radical (unpaired) electrons. The van der Waals surface area contributed by atoms with Crippen molar-refractivity contribution >= 4 is 54.6 Å². The Morgan fingerprint density at radius 3 is 2.61 bits per heavy atom. The molecule has 0 aliphatic heterocycles. The Kier molecular flexibility index (Phi) is 4.01. The highest BCUT2D eigenvalue weighted by molar-refractivity contribution is 9.10. The number of hydrogen-bond donors (Lipinski definition) is 1. The van der Waals surface area contributed by atoms with Gasteiger partial charge in [0.05, 0.1) is 4.34 Å². The SMILES string of the molecule is Cc1cc(S(=O)(=O)Nc2cccc(Br)c2)sc1Cl. The van der Waals surface area contributed by atoms with E-state index in [1.165, 1.54) is 0 Å². The third-order valence-electron chi connectivity index (χ3n) is 2.18. The van der Waals surface area contributed by atoms with Gasteiger partial charge in [-0.2, -0.15) is 0 Å². The van der Waals surface area contributed by atoms with Crippen molar-refractivity contribution in [3.05, 3.63) is 44.7 Å². The second-order valence-corrected chi connectivity index (χ2v) is 8.12. The van der Waals surface area contributed by atoms with Crippen LogP contribution in [-0.4, -0.2) is 8.42 Å². The van der Waals surface area contributed by atoms with E-state index in [4.69, 9.17) is 11.6 Å². The molecular formula is C11H9BrClNO2S2. The molecule has 0 saturated heterocycles. The van der Waals surface area contributed by atoms with Crippen molar-refractivity contribution in [1.29, 1.82) is 0 Å². The summed E-state index contributed by atoms with van der Waals surface area (Å²) >= 11 is 10.2. The maximum absolute atomic E-state index is 12.1. The molecule has 1 aromatic carbocycles. The second-order valence-electron chi connectivity index (χ2n) is 3.64. The van der Waals surface area contributed by atoms with Gasteiger partial charge in [-0.15, -0.1) is 11.3 Å². The number of hydrogen-bond acceptors (Lipinski definition) is 3. The van der Waals surface area contributed by atoms with Gasteiger partial charge in [0.15, 0.2) is 0 Å². The summed E-state index contributed by atoms with van der Waals surface area (Å²) < 4.78 is 28.2. The molecule has 3 nitrogen and oxygen atoms in total. The highest BCUT2D eigenvalue weighted by Crippen LogP contribution is 2.31. The number of nitrogens with one attached hydrogen (secondary N) is 1. The predicted octanol–water partition coefficient (Wildman–Crippen LogP) is 4.27. The first kappa shape index (κ1) is 13.9. The van der Waals surface area contributed by atoms with E-state index < -0.39 is 10.0 Å². The van der Waals surface area contributed by atoms with Crippen molar-refractivity contribution in [1.82, 2.24) is 0 Å². The maximum atomic E-state index is 12.1. The van der Waals surface area contributed by atoms with Gasteiger partial charge < -0.3 is 0 Å². The Hall–Kier alpha value is -0.560. The average Bonchev–Trinajstić information content (AvgIpc) is 2.59. The molecule has 18 heavy (non-hydrogen) atoms. The van der Waals surface area contributed by atoms with E-state index >= 15 is 0 Å². The van der Waals surface area contributed by atoms with Crippen LogP contribution < -0.4 is 4.72 Å². The molecule has 0 spiro atoms. The minimum atomic E-state index is -3.57. The molecule has 0 atom stereocenters. The lowest BCUT2D eigenvalue weighted by Crippen LogP contribution is -2.11. The third-order valence-corrected chi connectivity index (χ3v) is 6.08. The molecule has 0 unspecified atom stereocenters. The predicted molar refractivity (Wildman–Crippen MR) is 79.0 cm³/mol. The lowest BCUT2D eigenvalue weighted by Gasteiger charge is -2.06. The second kappa shape index (κ2) is 5.21. The van der Waals surface area contributed by atoms with Crippen molar-refractivity contribution in [2.45, 2.75) is 11.1 Å². The molecule has 1 aromatic heterocycles. The van der Waals surface area contributed by atoms with Gasteiger partial charge in [0.2, 0.25) is 0 Å². The van der Waals surface area contributed by atoms with Crippen LogP contribution in [0, 0.1) is 6.92 Å². The van der Waals surface area contributed by atoms with Gasteiger partial charge in [-0.05, 0) is 36.8 Å². The molecule has 0 aliphatic rings. The molecule has 0 fully saturated rings. The number of thiophene rings is 1. The molecule has 1 heterocycles. The van der Waals surface area contributed by atoms with Gasteiger partial charge in [-0.25, -0.2) is 8.42 Å². The standard InChI is InChI=1S/C11H9BrClNO2S2/c1-7-5-10(17-11(7)13)18(15,16)14-9-4-2-3-8(12)6-9/h2-6,14H,1H3. The summed E-state index contributed by atoms with van der Waals surface area (Å²) in [6.07, 6.45) is 0. The van der Waals surface area contributed by atoms with Crippen LogP contribution in [0.5, 0.6) is 0 Å².